The number of aryl methyl sites for hydroxylation is 2. The molecule has 0 fully saturated rings. The average molecular weight is 579 g/mol. The molecule has 3 aromatic carbocycles. The van der Waals surface area contributed by atoms with E-state index < -0.39 is 0 Å². The van der Waals surface area contributed by atoms with Crippen LogP contribution in [0.25, 0.3) is 22.8 Å². The molecule has 0 saturated heterocycles. The number of carbonyl (C=O) groups excluding carboxylic acids is 1. The standard InChI is InChI=1S/C28H28BrN5O2S/c1-4-5-6-19-7-11-22(12-8-19)34-32-24-15-18(2)23(17-25(24)33-34)30-28(37)31-27(35)14-9-20-16-21(29)10-13-26(20)36-3/h7-17H,4-6H2,1-3H3,(H2,30,31,35,37)/b14-9+. The summed E-state index contributed by atoms with van der Waals surface area (Å²) in [5.74, 6) is 0.309. The van der Waals surface area contributed by atoms with Gasteiger partial charge in [-0.25, -0.2) is 0 Å². The Hall–Kier alpha value is -3.56. The number of carbonyl (C=O) groups is 1. The van der Waals surface area contributed by atoms with Gasteiger partial charge in [-0.15, -0.1) is 10.2 Å². The number of amides is 1. The van der Waals surface area contributed by atoms with Crippen LogP contribution >= 0.6 is 28.1 Å². The van der Waals surface area contributed by atoms with Gasteiger partial charge in [0.15, 0.2) is 5.11 Å². The van der Waals surface area contributed by atoms with Gasteiger partial charge < -0.3 is 10.1 Å². The molecule has 9 heteroatoms. The molecule has 4 aromatic rings. The highest BCUT2D eigenvalue weighted by Gasteiger charge is 2.11. The number of ether oxygens (including phenoxy) is 1. The molecule has 190 valence electrons. The summed E-state index contributed by atoms with van der Waals surface area (Å²) in [6, 6.07) is 17.7. The van der Waals surface area contributed by atoms with Crippen molar-refractivity contribution in [2.24, 2.45) is 0 Å². The van der Waals surface area contributed by atoms with Crippen molar-refractivity contribution >= 4 is 62.0 Å². The van der Waals surface area contributed by atoms with Crippen LogP contribution in [0.4, 0.5) is 5.69 Å². The van der Waals surface area contributed by atoms with Crippen molar-refractivity contribution in [2.45, 2.75) is 33.1 Å². The van der Waals surface area contributed by atoms with Gasteiger partial charge in [-0.3, -0.25) is 10.1 Å². The maximum atomic E-state index is 12.4. The fourth-order valence-corrected chi connectivity index (χ4v) is 4.39. The highest BCUT2D eigenvalue weighted by molar-refractivity contribution is 9.10. The number of unbranched alkanes of at least 4 members (excludes halogenated alkanes) is 1. The number of nitrogens with zero attached hydrogens (tertiary/aromatic N) is 3. The SMILES string of the molecule is CCCCc1ccc(-n2nc3cc(C)c(NC(=S)NC(=O)/C=C/c4cc(Br)ccc4OC)cc3n2)cc1. The molecule has 0 aliphatic rings. The predicted molar refractivity (Wildman–Crippen MR) is 156 cm³/mol. The van der Waals surface area contributed by atoms with Crippen LogP contribution in [-0.4, -0.2) is 33.1 Å². The molecular weight excluding hydrogens is 550 g/mol. The lowest BCUT2D eigenvalue weighted by molar-refractivity contribution is -0.115. The van der Waals surface area contributed by atoms with E-state index in [0.717, 1.165) is 44.4 Å². The summed E-state index contributed by atoms with van der Waals surface area (Å²) in [4.78, 5) is 14.1. The predicted octanol–water partition coefficient (Wildman–Crippen LogP) is 6.37. The zero-order valence-corrected chi connectivity index (χ0v) is 23.3. The minimum atomic E-state index is -0.355. The summed E-state index contributed by atoms with van der Waals surface area (Å²) in [7, 11) is 1.58. The van der Waals surface area contributed by atoms with Crippen molar-refractivity contribution in [3.63, 3.8) is 0 Å². The Morgan fingerprint density at radius 1 is 1.11 bits per heavy atom. The van der Waals surface area contributed by atoms with Crippen molar-refractivity contribution in [1.29, 1.82) is 0 Å². The van der Waals surface area contributed by atoms with Crippen LogP contribution in [0, 0.1) is 6.92 Å². The minimum Gasteiger partial charge on any atom is -0.496 e. The van der Waals surface area contributed by atoms with Crippen LogP contribution in [0.2, 0.25) is 0 Å². The van der Waals surface area contributed by atoms with Gasteiger partial charge in [0.25, 0.3) is 0 Å². The number of rotatable bonds is 8. The molecule has 37 heavy (non-hydrogen) atoms. The summed E-state index contributed by atoms with van der Waals surface area (Å²) < 4.78 is 6.22. The number of aromatic nitrogens is 3. The second-order valence-electron chi connectivity index (χ2n) is 8.58. The zero-order valence-electron chi connectivity index (χ0n) is 20.9. The van der Waals surface area contributed by atoms with Gasteiger partial charge in [-0.2, -0.15) is 4.80 Å². The van der Waals surface area contributed by atoms with E-state index in [1.807, 2.05) is 49.4 Å². The topological polar surface area (TPSA) is 81.1 Å². The Labute approximate surface area is 230 Å². The van der Waals surface area contributed by atoms with E-state index in [-0.39, 0.29) is 11.0 Å². The smallest absolute Gasteiger partial charge is 0.250 e. The van der Waals surface area contributed by atoms with Crippen LogP contribution in [0.5, 0.6) is 5.75 Å². The summed E-state index contributed by atoms with van der Waals surface area (Å²) >= 11 is 8.80. The molecule has 0 bridgehead atoms. The third kappa shape index (κ3) is 6.81. The molecule has 0 aliphatic carbocycles. The molecule has 0 aliphatic heterocycles. The van der Waals surface area contributed by atoms with Crippen LogP contribution in [0.1, 0.15) is 36.5 Å². The third-order valence-electron chi connectivity index (χ3n) is 5.80. The molecule has 1 heterocycles. The lowest BCUT2D eigenvalue weighted by Crippen LogP contribution is -2.33. The molecule has 1 aromatic heterocycles. The number of anilines is 1. The van der Waals surface area contributed by atoms with Gasteiger partial charge in [0.1, 0.15) is 16.8 Å². The summed E-state index contributed by atoms with van der Waals surface area (Å²) in [6.45, 7) is 4.15. The van der Waals surface area contributed by atoms with Gasteiger partial charge >= 0.3 is 0 Å². The van der Waals surface area contributed by atoms with Crippen LogP contribution < -0.4 is 15.4 Å². The Morgan fingerprint density at radius 2 is 1.84 bits per heavy atom. The Morgan fingerprint density at radius 3 is 2.54 bits per heavy atom. The van der Waals surface area contributed by atoms with E-state index >= 15 is 0 Å². The van der Waals surface area contributed by atoms with E-state index in [1.54, 1.807) is 18.0 Å². The van der Waals surface area contributed by atoms with E-state index in [1.165, 1.54) is 24.5 Å². The molecule has 2 N–H and O–H groups in total. The normalized spacial score (nSPS) is 11.1. The molecule has 4 rings (SSSR count). The minimum absolute atomic E-state index is 0.188. The molecule has 0 atom stereocenters. The molecule has 0 saturated carbocycles. The molecule has 0 unspecified atom stereocenters. The third-order valence-corrected chi connectivity index (χ3v) is 6.50. The second-order valence-corrected chi connectivity index (χ2v) is 9.90. The van der Waals surface area contributed by atoms with Crippen molar-refractivity contribution in [1.82, 2.24) is 20.3 Å². The fraction of sp³-hybridized carbons (Fsp3) is 0.214. The maximum absolute atomic E-state index is 12.4. The lowest BCUT2D eigenvalue weighted by Gasteiger charge is -2.10. The van der Waals surface area contributed by atoms with E-state index in [0.29, 0.717) is 5.75 Å². The quantitative estimate of drug-likeness (QED) is 0.187. The van der Waals surface area contributed by atoms with Crippen molar-refractivity contribution in [3.05, 3.63) is 81.8 Å². The Bertz CT molecular complexity index is 1460. The van der Waals surface area contributed by atoms with Gasteiger partial charge in [-0.1, -0.05) is 41.4 Å². The summed E-state index contributed by atoms with van der Waals surface area (Å²) in [5, 5.41) is 15.2. The zero-order chi connectivity index (χ0) is 26.4. The fourth-order valence-electron chi connectivity index (χ4n) is 3.80. The Kier molecular flexibility index (Phi) is 8.68. The number of methoxy groups -OCH3 is 1. The van der Waals surface area contributed by atoms with E-state index in [4.69, 9.17) is 17.0 Å². The average Bonchev–Trinajstić information content (AvgIpc) is 3.29. The first-order chi connectivity index (χ1) is 17.9. The first-order valence-electron chi connectivity index (χ1n) is 12.0. The van der Waals surface area contributed by atoms with Gasteiger partial charge in [0, 0.05) is 21.8 Å². The van der Waals surface area contributed by atoms with Crippen LogP contribution in [0.15, 0.2) is 65.1 Å². The van der Waals surface area contributed by atoms with E-state index in [9.17, 15) is 4.79 Å². The number of hydrogen-bond donors (Lipinski definition) is 2. The first kappa shape index (κ1) is 26.5. The van der Waals surface area contributed by atoms with Gasteiger partial charge in [0.2, 0.25) is 5.91 Å². The number of thiocarbonyl (C=S) groups is 1. The largest absolute Gasteiger partial charge is 0.496 e. The van der Waals surface area contributed by atoms with Crippen molar-refractivity contribution < 1.29 is 9.53 Å². The highest BCUT2D eigenvalue weighted by Crippen LogP contribution is 2.24. The Balaban J connectivity index is 1.43. The maximum Gasteiger partial charge on any atom is 0.250 e. The molecule has 0 radical (unpaired) electrons. The number of benzene rings is 3. The highest BCUT2D eigenvalue weighted by atomic mass is 79.9. The molecule has 1 amide bonds. The summed E-state index contributed by atoms with van der Waals surface area (Å²) in [5.41, 5.74) is 6.16. The molecule has 7 nitrogen and oxygen atoms in total. The number of hydrogen-bond acceptors (Lipinski definition) is 5. The van der Waals surface area contributed by atoms with Gasteiger partial charge in [-0.05, 0) is 91.7 Å². The molecular formula is C28H28BrN5O2S. The molecule has 0 spiro atoms. The van der Waals surface area contributed by atoms with E-state index in [2.05, 4.69) is 55.8 Å². The van der Waals surface area contributed by atoms with Gasteiger partial charge in [0.05, 0.1) is 12.8 Å². The van der Waals surface area contributed by atoms with Crippen LogP contribution in [-0.2, 0) is 11.2 Å². The van der Waals surface area contributed by atoms with Crippen molar-refractivity contribution in [3.8, 4) is 11.4 Å². The number of nitrogens with one attached hydrogen (secondary N) is 2. The van der Waals surface area contributed by atoms with Crippen LogP contribution in [0.3, 0.4) is 0 Å². The number of halogens is 1. The monoisotopic (exact) mass is 577 g/mol. The van der Waals surface area contributed by atoms with Crippen molar-refractivity contribution in [2.75, 3.05) is 12.4 Å². The first-order valence-corrected chi connectivity index (χ1v) is 13.2. The summed E-state index contributed by atoms with van der Waals surface area (Å²) in [6.07, 6.45) is 6.51. The lowest BCUT2D eigenvalue weighted by atomic mass is 10.1. The number of fused-ring (bicyclic) bond motifs is 1. The second kappa shape index (κ2) is 12.1.